The molecular weight excluding hydrogens is 318 g/mol. The molecule has 0 spiro atoms. The minimum absolute atomic E-state index is 0.0156. The minimum Gasteiger partial charge on any atom is -0.458 e. The van der Waals surface area contributed by atoms with Crippen molar-refractivity contribution in [1.29, 1.82) is 0 Å². The minimum atomic E-state index is -0.961. The van der Waals surface area contributed by atoms with Gasteiger partial charge in [-0.15, -0.1) is 0 Å². The number of nitrogens with zero attached hydrogens (tertiary/aromatic N) is 3. The highest BCUT2D eigenvalue weighted by molar-refractivity contribution is 5.67. The van der Waals surface area contributed by atoms with Crippen LogP contribution in [-0.2, 0) is 28.5 Å². The lowest BCUT2D eigenvalue weighted by Crippen LogP contribution is -2.59. The molecule has 1 heterocycles. The van der Waals surface area contributed by atoms with Gasteiger partial charge in [0.2, 0.25) is 0 Å². The summed E-state index contributed by atoms with van der Waals surface area (Å²) >= 11 is 0. The summed E-state index contributed by atoms with van der Waals surface area (Å²) in [5.41, 5.74) is 8.88. The van der Waals surface area contributed by atoms with E-state index in [1.165, 1.54) is 13.8 Å². The summed E-state index contributed by atoms with van der Waals surface area (Å²) in [6.07, 6.45) is 0.714. The summed E-state index contributed by atoms with van der Waals surface area (Å²) in [6, 6.07) is -0.931. The monoisotopic (exact) mass is 341 g/mol. The maximum atomic E-state index is 11.5. The molecule has 0 unspecified atom stereocenters. The Morgan fingerprint density at radius 2 is 1.71 bits per heavy atom. The fourth-order valence-corrected chi connectivity index (χ4v) is 3.18. The van der Waals surface area contributed by atoms with Crippen LogP contribution in [-0.4, -0.2) is 48.7 Å². The summed E-state index contributed by atoms with van der Waals surface area (Å²) in [5, 5.41) is 3.70. The lowest BCUT2D eigenvalue weighted by Gasteiger charge is -2.43. The molecule has 134 valence electrons. The zero-order valence-corrected chi connectivity index (χ0v) is 14.1. The van der Waals surface area contributed by atoms with Crippen LogP contribution in [0.3, 0.4) is 0 Å². The van der Waals surface area contributed by atoms with E-state index >= 15 is 0 Å². The van der Waals surface area contributed by atoms with Crippen molar-refractivity contribution in [3.05, 3.63) is 10.4 Å². The molecule has 9 heteroatoms. The first kappa shape index (κ1) is 18.5. The number of rotatable bonds is 5. The van der Waals surface area contributed by atoms with E-state index in [1.807, 2.05) is 0 Å². The Bertz CT molecular complexity index is 515. The largest absolute Gasteiger partial charge is 0.458 e. The molecule has 1 saturated carbocycles. The maximum Gasteiger partial charge on any atom is 0.303 e. The lowest BCUT2D eigenvalue weighted by atomic mass is 9.97. The van der Waals surface area contributed by atoms with Crippen molar-refractivity contribution >= 4 is 11.9 Å². The highest BCUT2D eigenvalue weighted by Crippen LogP contribution is 2.32. The predicted molar refractivity (Wildman–Crippen MR) is 81.7 cm³/mol. The summed E-state index contributed by atoms with van der Waals surface area (Å²) < 4.78 is 22.2. The first-order valence-electron chi connectivity index (χ1n) is 8.12. The molecule has 0 bridgehead atoms. The van der Waals surface area contributed by atoms with E-state index in [2.05, 4.69) is 10.0 Å². The Kier molecular flexibility index (Phi) is 6.42. The van der Waals surface area contributed by atoms with E-state index in [4.69, 9.17) is 24.5 Å². The Balaban J connectivity index is 2.24. The third-order valence-electron chi connectivity index (χ3n) is 4.17. The summed E-state index contributed by atoms with van der Waals surface area (Å²) in [4.78, 5) is 25.6. The van der Waals surface area contributed by atoms with Crippen molar-refractivity contribution in [1.82, 2.24) is 0 Å². The molecule has 2 aliphatic rings. The highest BCUT2D eigenvalue weighted by atomic mass is 16.7. The molecule has 24 heavy (non-hydrogen) atoms. The van der Waals surface area contributed by atoms with Gasteiger partial charge < -0.3 is 18.9 Å². The number of carbonyl (C=O) groups is 2. The first-order valence-corrected chi connectivity index (χ1v) is 8.12. The zero-order valence-electron chi connectivity index (χ0n) is 14.1. The number of carbonyl (C=O) groups excluding carboxylic acids is 2. The van der Waals surface area contributed by atoms with E-state index in [1.54, 1.807) is 6.92 Å². The Hall–Kier alpha value is -1.83. The van der Waals surface area contributed by atoms with Crippen molar-refractivity contribution in [2.24, 2.45) is 5.11 Å². The van der Waals surface area contributed by atoms with Crippen molar-refractivity contribution in [3.63, 3.8) is 0 Å². The SMILES string of the molecule is CC(=O)O[C@@H]1[C@@H](N=[N+]=[N-])[C@H](OC2CCCC2)O[C@H](C)[C@@H]1OC(C)=O. The van der Waals surface area contributed by atoms with E-state index < -0.39 is 42.6 Å². The Morgan fingerprint density at radius 3 is 2.25 bits per heavy atom. The average Bonchev–Trinajstić information content (AvgIpc) is 2.99. The van der Waals surface area contributed by atoms with Crippen LogP contribution in [0, 0.1) is 0 Å². The van der Waals surface area contributed by atoms with Crippen LogP contribution in [0.25, 0.3) is 10.4 Å². The molecule has 0 aromatic heterocycles. The smallest absolute Gasteiger partial charge is 0.303 e. The molecule has 1 saturated heterocycles. The van der Waals surface area contributed by atoms with Gasteiger partial charge in [-0.25, -0.2) is 0 Å². The van der Waals surface area contributed by atoms with Gasteiger partial charge in [0.15, 0.2) is 18.5 Å². The number of hydrogen-bond donors (Lipinski definition) is 0. The number of esters is 2. The van der Waals surface area contributed by atoms with Crippen LogP contribution in [0.15, 0.2) is 5.11 Å². The summed E-state index contributed by atoms with van der Waals surface area (Å²) in [5.74, 6) is -1.11. The average molecular weight is 341 g/mol. The van der Waals surface area contributed by atoms with Crippen LogP contribution < -0.4 is 0 Å². The predicted octanol–water partition coefficient (Wildman–Crippen LogP) is 2.23. The van der Waals surface area contributed by atoms with Gasteiger partial charge in [0.1, 0.15) is 6.04 Å². The quantitative estimate of drug-likeness (QED) is 0.327. The maximum absolute atomic E-state index is 11.5. The van der Waals surface area contributed by atoms with Gasteiger partial charge in [0.25, 0.3) is 0 Å². The van der Waals surface area contributed by atoms with Gasteiger partial charge in [-0.05, 0) is 25.3 Å². The van der Waals surface area contributed by atoms with Gasteiger partial charge in [-0.1, -0.05) is 18.0 Å². The standard InChI is InChI=1S/C15H23N3O6/c1-8-13(22-9(2)19)14(23-10(3)20)12(17-18-16)15(21-8)24-11-6-4-5-7-11/h8,11-15H,4-7H2,1-3H3/t8-,12-,13+,14-,15+/m1/s1. The second-order valence-corrected chi connectivity index (χ2v) is 6.10. The molecule has 9 nitrogen and oxygen atoms in total. The molecular formula is C15H23N3O6. The summed E-state index contributed by atoms with van der Waals surface area (Å²) in [7, 11) is 0. The second kappa shape index (κ2) is 8.32. The van der Waals surface area contributed by atoms with Gasteiger partial charge in [-0.3, -0.25) is 9.59 Å². The van der Waals surface area contributed by atoms with E-state index in [9.17, 15) is 9.59 Å². The fourth-order valence-electron chi connectivity index (χ4n) is 3.18. The van der Waals surface area contributed by atoms with Crippen LogP contribution in [0.4, 0.5) is 0 Å². The van der Waals surface area contributed by atoms with Crippen LogP contribution in [0.1, 0.15) is 46.5 Å². The Morgan fingerprint density at radius 1 is 1.12 bits per heavy atom. The zero-order chi connectivity index (χ0) is 17.7. The fraction of sp³-hybridized carbons (Fsp3) is 0.867. The topological polar surface area (TPSA) is 120 Å². The highest BCUT2D eigenvalue weighted by Gasteiger charge is 2.49. The second-order valence-electron chi connectivity index (χ2n) is 6.10. The van der Waals surface area contributed by atoms with Crippen molar-refractivity contribution < 1.29 is 28.5 Å². The van der Waals surface area contributed by atoms with Gasteiger partial charge in [0.05, 0.1) is 12.2 Å². The van der Waals surface area contributed by atoms with E-state index in [0.717, 1.165) is 25.7 Å². The molecule has 0 N–H and O–H groups in total. The molecule has 0 aromatic rings. The Labute approximate surface area is 140 Å². The third kappa shape index (κ3) is 4.59. The van der Waals surface area contributed by atoms with Crippen LogP contribution >= 0.6 is 0 Å². The van der Waals surface area contributed by atoms with Gasteiger partial charge in [-0.2, -0.15) is 0 Å². The molecule has 1 aliphatic carbocycles. The molecule has 0 amide bonds. The van der Waals surface area contributed by atoms with Crippen molar-refractivity contribution in [3.8, 4) is 0 Å². The first-order chi connectivity index (χ1) is 11.4. The molecule has 5 atom stereocenters. The van der Waals surface area contributed by atoms with Crippen LogP contribution in [0.2, 0.25) is 0 Å². The molecule has 2 fully saturated rings. The number of hydrogen-bond acceptors (Lipinski definition) is 7. The lowest BCUT2D eigenvalue weighted by molar-refractivity contribution is -0.273. The number of ether oxygens (including phenoxy) is 4. The number of azide groups is 1. The molecule has 0 radical (unpaired) electrons. The van der Waals surface area contributed by atoms with Crippen molar-refractivity contribution in [2.45, 2.75) is 83.2 Å². The third-order valence-corrected chi connectivity index (χ3v) is 4.17. The van der Waals surface area contributed by atoms with E-state index in [-0.39, 0.29) is 6.10 Å². The normalized spacial score (nSPS) is 33.5. The van der Waals surface area contributed by atoms with E-state index in [0.29, 0.717) is 0 Å². The molecule has 2 rings (SSSR count). The van der Waals surface area contributed by atoms with Crippen LogP contribution in [0.5, 0.6) is 0 Å². The molecule has 0 aromatic carbocycles. The summed E-state index contributed by atoms with van der Waals surface area (Å²) in [6.45, 7) is 4.19. The molecule has 1 aliphatic heterocycles. The van der Waals surface area contributed by atoms with Crippen molar-refractivity contribution in [2.75, 3.05) is 0 Å². The van der Waals surface area contributed by atoms with Gasteiger partial charge in [0, 0.05) is 18.8 Å². The van der Waals surface area contributed by atoms with Gasteiger partial charge >= 0.3 is 11.9 Å².